The van der Waals surface area contributed by atoms with Crippen LogP contribution in [0.3, 0.4) is 0 Å². The second-order valence-electron chi connectivity index (χ2n) is 4.81. The van der Waals surface area contributed by atoms with Gasteiger partial charge in [0.05, 0.1) is 6.42 Å². The lowest BCUT2D eigenvalue weighted by atomic mass is 10.1. The van der Waals surface area contributed by atoms with Crippen LogP contribution in [-0.4, -0.2) is 17.9 Å². The fraction of sp³-hybridized carbons (Fsp3) is 0.176. The van der Waals surface area contributed by atoms with Gasteiger partial charge in [-0.2, -0.15) is 0 Å². The Morgan fingerprint density at radius 1 is 1.18 bits per heavy atom. The molecule has 0 heterocycles. The molecule has 5 heteroatoms. The van der Waals surface area contributed by atoms with Gasteiger partial charge in [0.1, 0.15) is 0 Å². The molecule has 0 saturated carbocycles. The quantitative estimate of drug-likeness (QED) is 0.405. The molecule has 0 bridgehead atoms. The number of hydrogen-bond acceptors (Lipinski definition) is 3. The maximum atomic E-state index is 12.2. The Balaban J connectivity index is 1.96. The van der Waals surface area contributed by atoms with Crippen molar-refractivity contribution in [3.8, 4) is 0 Å². The average Bonchev–Trinajstić information content (AvgIpc) is 2.47. The van der Waals surface area contributed by atoms with Crippen LogP contribution in [-0.2, 0) is 16.0 Å². The van der Waals surface area contributed by atoms with Gasteiger partial charge in [-0.3, -0.25) is 9.59 Å². The third-order valence-electron chi connectivity index (χ3n) is 3.04. The molecule has 2 aromatic carbocycles. The van der Waals surface area contributed by atoms with Crippen LogP contribution in [0.15, 0.2) is 48.5 Å². The zero-order valence-corrected chi connectivity index (χ0v) is 14.8. The Labute approximate surface area is 147 Å². The minimum Gasteiger partial charge on any atom is -0.454 e. The summed E-state index contributed by atoms with van der Waals surface area (Å²) in [6.45, 7) is 1.58. The first kappa shape index (κ1) is 17.0. The van der Waals surface area contributed by atoms with Crippen molar-refractivity contribution in [2.45, 2.75) is 19.4 Å². The van der Waals surface area contributed by atoms with Crippen LogP contribution < -0.4 is 0 Å². The highest BCUT2D eigenvalue weighted by Crippen LogP contribution is 2.13. The summed E-state index contributed by atoms with van der Waals surface area (Å²) in [5, 5.41) is 0.563. The summed E-state index contributed by atoms with van der Waals surface area (Å²) in [5.74, 6) is -0.663. The van der Waals surface area contributed by atoms with Crippen molar-refractivity contribution in [2.24, 2.45) is 0 Å². The molecule has 0 spiro atoms. The molecular weight excluding hydrogens is 415 g/mol. The molecule has 114 valence electrons. The minimum atomic E-state index is -0.813. The molecule has 0 fully saturated rings. The summed E-state index contributed by atoms with van der Waals surface area (Å²) in [4.78, 5) is 24.1. The van der Waals surface area contributed by atoms with Crippen LogP contribution in [0.5, 0.6) is 0 Å². The van der Waals surface area contributed by atoms with Crippen LogP contribution in [0.1, 0.15) is 22.8 Å². The van der Waals surface area contributed by atoms with Gasteiger partial charge in [-0.25, -0.2) is 0 Å². The highest BCUT2D eigenvalue weighted by molar-refractivity contribution is 14.1. The Morgan fingerprint density at radius 3 is 2.50 bits per heavy atom. The van der Waals surface area contributed by atoms with Crippen molar-refractivity contribution in [2.75, 3.05) is 0 Å². The summed E-state index contributed by atoms with van der Waals surface area (Å²) < 4.78 is 6.25. The van der Waals surface area contributed by atoms with E-state index in [1.54, 1.807) is 43.3 Å². The molecule has 22 heavy (non-hydrogen) atoms. The van der Waals surface area contributed by atoms with E-state index in [2.05, 4.69) is 22.6 Å². The van der Waals surface area contributed by atoms with E-state index in [0.717, 1.165) is 9.13 Å². The number of carbonyl (C=O) groups excluding carboxylic acids is 2. The largest absolute Gasteiger partial charge is 0.454 e. The van der Waals surface area contributed by atoms with Gasteiger partial charge >= 0.3 is 5.97 Å². The summed E-state index contributed by atoms with van der Waals surface area (Å²) >= 11 is 8.04. The normalized spacial score (nSPS) is 11.8. The Hall–Kier alpha value is -1.40. The van der Waals surface area contributed by atoms with Gasteiger partial charge in [0.2, 0.25) is 5.78 Å². The van der Waals surface area contributed by atoms with Gasteiger partial charge in [-0.05, 0) is 59.3 Å². The topological polar surface area (TPSA) is 43.4 Å². The molecule has 0 amide bonds. The minimum absolute atomic E-state index is 0.0882. The van der Waals surface area contributed by atoms with E-state index >= 15 is 0 Å². The lowest BCUT2D eigenvalue weighted by Gasteiger charge is -2.12. The van der Waals surface area contributed by atoms with Gasteiger partial charge < -0.3 is 4.74 Å². The van der Waals surface area contributed by atoms with E-state index < -0.39 is 12.1 Å². The highest BCUT2D eigenvalue weighted by atomic mass is 127. The van der Waals surface area contributed by atoms with Gasteiger partial charge in [0.15, 0.2) is 6.10 Å². The van der Waals surface area contributed by atoms with Crippen LogP contribution in [0.2, 0.25) is 5.02 Å². The summed E-state index contributed by atoms with van der Waals surface area (Å²) in [5.41, 5.74) is 1.29. The first-order chi connectivity index (χ1) is 10.5. The standard InChI is InChI=1S/C17H14ClIO3/c1-11(17(21)13-5-7-15(19)8-6-13)22-16(20)10-12-3-2-4-14(18)9-12/h2-9,11H,10H2,1H3. The predicted molar refractivity (Wildman–Crippen MR) is 94.2 cm³/mol. The van der Waals surface area contributed by atoms with Crippen molar-refractivity contribution in [3.63, 3.8) is 0 Å². The highest BCUT2D eigenvalue weighted by Gasteiger charge is 2.19. The number of benzene rings is 2. The maximum Gasteiger partial charge on any atom is 0.310 e. The lowest BCUT2D eigenvalue weighted by Crippen LogP contribution is -2.25. The number of hydrogen-bond donors (Lipinski definition) is 0. The maximum absolute atomic E-state index is 12.2. The van der Waals surface area contributed by atoms with Crippen molar-refractivity contribution in [1.82, 2.24) is 0 Å². The lowest BCUT2D eigenvalue weighted by molar-refractivity contribution is -0.145. The van der Waals surface area contributed by atoms with Crippen molar-refractivity contribution >= 4 is 45.9 Å². The van der Waals surface area contributed by atoms with Gasteiger partial charge in [-0.15, -0.1) is 0 Å². The van der Waals surface area contributed by atoms with E-state index in [4.69, 9.17) is 16.3 Å². The molecule has 1 atom stereocenters. The Bertz CT molecular complexity index is 683. The van der Waals surface area contributed by atoms with Crippen molar-refractivity contribution < 1.29 is 14.3 Å². The van der Waals surface area contributed by atoms with E-state index in [1.807, 2.05) is 12.1 Å². The first-order valence-corrected chi connectivity index (χ1v) is 8.15. The van der Waals surface area contributed by atoms with Gasteiger partial charge in [0.25, 0.3) is 0 Å². The second kappa shape index (κ2) is 7.74. The third kappa shape index (κ3) is 4.81. The zero-order chi connectivity index (χ0) is 16.1. The SMILES string of the molecule is CC(OC(=O)Cc1cccc(Cl)c1)C(=O)c1ccc(I)cc1. The average molecular weight is 429 g/mol. The predicted octanol–water partition coefficient (Wildman–Crippen LogP) is 4.30. The molecule has 0 aliphatic carbocycles. The fourth-order valence-corrected chi connectivity index (χ4v) is 2.53. The molecule has 0 radical (unpaired) electrons. The Kier molecular flexibility index (Phi) is 5.97. The molecule has 2 rings (SSSR count). The van der Waals surface area contributed by atoms with Gasteiger partial charge in [-0.1, -0.05) is 35.9 Å². The molecule has 0 aromatic heterocycles. The number of halogens is 2. The molecule has 0 aliphatic heterocycles. The number of ether oxygens (including phenoxy) is 1. The smallest absolute Gasteiger partial charge is 0.310 e. The van der Waals surface area contributed by atoms with E-state index in [0.29, 0.717) is 10.6 Å². The number of esters is 1. The first-order valence-electron chi connectivity index (χ1n) is 6.69. The molecule has 0 aliphatic rings. The summed E-state index contributed by atoms with van der Waals surface area (Å²) in [7, 11) is 0. The van der Waals surface area contributed by atoms with Crippen LogP contribution in [0.4, 0.5) is 0 Å². The molecule has 1 unspecified atom stereocenters. The fourth-order valence-electron chi connectivity index (χ4n) is 1.95. The number of rotatable bonds is 5. The monoisotopic (exact) mass is 428 g/mol. The van der Waals surface area contributed by atoms with E-state index in [-0.39, 0.29) is 12.2 Å². The summed E-state index contributed by atoms with van der Waals surface area (Å²) in [6.07, 6.45) is -0.725. The number of ketones is 1. The van der Waals surface area contributed by atoms with Crippen molar-refractivity contribution in [1.29, 1.82) is 0 Å². The molecular formula is C17H14ClIO3. The number of Topliss-reactive ketones (excluding diaryl/α,β-unsaturated/α-hetero) is 1. The Morgan fingerprint density at radius 2 is 1.86 bits per heavy atom. The van der Waals surface area contributed by atoms with Crippen LogP contribution in [0.25, 0.3) is 0 Å². The molecule has 2 aromatic rings. The molecule has 0 saturated heterocycles. The second-order valence-corrected chi connectivity index (χ2v) is 6.49. The van der Waals surface area contributed by atoms with Crippen molar-refractivity contribution in [3.05, 3.63) is 68.3 Å². The van der Waals surface area contributed by atoms with E-state index in [1.165, 1.54) is 0 Å². The molecule has 0 N–H and O–H groups in total. The third-order valence-corrected chi connectivity index (χ3v) is 4.00. The summed E-state index contributed by atoms with van der Waals surface area (Å²) in [6, 6.07) is 14.1. The number of carbonyl (C=O) groups is 2. The van der Waals surface area contributed by atoms with Crippen LogP contribution >= 0.6 is 34.2 Å². The molecule has 3 nitrogen and oxygen atoms in total. The van der Waals surface area contributed by atoms with Crippen LogP contribution in [0, 0.1) is 3.57 Å². The van der Waals surface area contributed by atoms with E-state index in [9.17, 15) is 9.59 Å². The zero-order valence-electron chi connectivity index (χ0n) is 11.9. The van der Waals surface area contributed by atoms with Gasteiger partial charge in [0, 0.05) is 14.2 Å².